The molecular weight excluding hydrogens is 240 g/mol. The second kappa shape index (κ2) is 5.44. The SMILES string of the molecule is O=S(=O)(CC1OCC=CCO1)c1ccccc1. The van der Waals surface area contributed by atoms with Crippen LogP contribution in [-0.4, -0.2) is 33.7 Å². The Morgan fingerprint density at radius 1 is 1.06 bits per heavy atom. The minimum absolute atomic E-state index is 0.154. The molecule has 17 heavy (non-hydrogen) atoms. The molecule has 0 saturated heterocycles. The van der Waals surface area contributed by atoms with Gasteiger partial charge in [0.05, 0.1) is 18.1 Å². The summed E-state index contributed by atoms with van der Waals surface area (Å²) in [5.41, 5.74) is 0. The monoisotopic (exact) mass is 254 g/mol. The van der Waals surface area contributed by atoms with Crippen molar-refractivity contribution in [1.29, 1.82) is 0 Å². The van der Waals surface area contributed by atoms with E-state index in [2.05, 4.69) is 0 Å². The minimum atomic E-state index is -3.35. The van der Waals surface area contributed by atoms with E-state index in [1.165, 1.54) is 0 Å². The molecule has 92 valence electrons. The summed E-state index contributed by atoms with van der Waals surface area (Å²) in [6, 6.07) is 8.32. The van der Waals surface area contributed by atoms with Crippen LogP contribution in [0.25, 0.3) is 0 Å². The van der Waals surface area contributed by atoms with Gasteiger partial charge in [0.1, 0.15) is 5.75 Å². The maximum atomic E-state index is 12.0. The molecule has 4 nitrogen and oxygen atoms in total. The topological polar surface area (TPSA) is 52.6 Å². The van der Waals surface area contributed by atoms with Crippen molar-refractivity contribution in [2.75, 3.05) is 19.0 Å². The van der Waals surface area contributed by atoms with E-state index in [0.717, 1.165) is 0 Å². The van der Waals surface area contributed by atoms with E-state index >= 15 is 0 Å². The van der Waals surface area contributed by atoms with Gasteiger partial charge in [-0.15, -0.1) is 0 Å². The average Bonchev–Trinajstić information content (AvgIpc) is 2.58. The summed E-state index contributed by atoms with van der Waals surface area (Å²) in [7, 11) is -3.35. The Labute approximate surface area is 101 Å². The number of ether oxygens (including phenoxy) is 2. The lowest BCUT2D eigenvalue weighted by Crippen LogP contribution is -2.26. The summed E-state index contributed by atoms with van der Waals surface area (Å²) in [6.07, 6.45) is 2.93. The maximum Gasteiger partial charge on any atom is 0.183 e. The summed E-state index contributed by atoms with van der Waals surface area (Å²) in [5.74, 6) is -0.154. The molecule has 0 fully saturated rings. The summed E-state index contributed by atoms with van der Waals surface area (Å²) >= 11 is 0. The molecule has 0 bridgehead atoms. The smallest absolute Gasteiger partial charge is 0.183 e. The third-order valence-corrected chi connectivity index (χ3v) is 4.08. The van der Waals surface area contributed by atoms with Gasteiger partial charge in [-0.25, -0.2) is 8.42 Å². The fraction of sp³-hybridized carbons (Fsp3) is 0.333. The van der Waals surface area contributed by atoms with Gasteiger partial charge in [0.25, 0.3) is 0 Å². The zero-order valence-corrected chi connectivity index (χ0v) is 10.1. The van der Waals surface area contributed by atoms with Crippen LogP contribution >= 0.6 is 0 Å². The van der Waals surface area contributed by atoms with E-state index in [9.17, 15) is 8.42 Å². The van der Waals surface area contributed by atoms with Crippen LogP contribution in [-0.2, 0) is 19.3 Å². The Morgan fingerprint density at radius 3 is 2.24 bits per heavy atom. The van der Waals surface area contributed by atoms with Crippen molar-refractivity contribution in [3.8, 4) is 0 Å². The Bertz CT molecular complexity index is 468. The number of benzene rings is 1. The lowest BCUT2D eigenvalue weighted by Gasteiger charge is -2.15. The molecule has 2 rings (SSSR count). The molecule has 0 saturated carbocycles. The maximum absolute atomic E-state index is 12.0. The summed E-state index contributed by atoms with van der Waals surface area (Å²) < 4.78 is 34.6. The van der Waals surface area contributed by atoms with Gasteiger partial charge in [-0.1, -0.05) is 30.4 Å². The summed E-state index contributed by atoms with van der Waals surface area (Å²) in [4.78, 5) is 0.296. The van der Waals surface area contributed by atoms with Crippen LogP contribution in [0.5, 0.6) is 0 Å². The average molecular weight is 254 g/mol. The first-order valence-corrected chi connectivity index (χ1v) is 7.00. The van der Waals surface area contributed by atoms with Crippen molar-refractivity contribution >= 4 is 9.84 Å². The largest absolute Gasteiger partial charge is 0.347 e. The van der Waals surface area contributed by atoms with E-state index in [4.69, 9.17) is 9.47 Å². The zero-order chi connectivity index (χ0) is 12.1. The van der Waals surface area contributed by atoms with Crippen LogP contribution in [0.3, 0.4) is 0 Å². The third-order valence-electron chi connectivity index (χ3n) is 2.38. The van der Waals surface area contributed by atoms with Crippen LogP contribution in [0.4, 0.5) is 0 Å². The molecule has 0 spiro atoms. The highest BCUT2D eigenvalue weighted by molar-refractivity contribution is 7.91. The molecule has 1 aromatic rings. The standard InChI is InChI=1S/C12H14O4S/c13-17(14,11-6-2-1-3-7-11)10-12-15-8-4-5-9-16-12/h1-7,12H,8-10H2. The van der Waals surface area contributed by atoms with Crippen molar-refractivity contribution in [2.45, 2.75) is 11.2 Å². The third kappa shape index (κ3) is 3.39. The normalized spacial score (nSPS) is 17.9. The van der Waals surface area contributed by atoms with Crippen molar-refractivity contribution < 1.29 is 17.9 Å². The Kier molecular flexibility index (Phi) is 3.93. The number of sulfone groups is 1. The van der Waals surface area contributed by atoms with Gasteiger partial charge in [-0.3, -0.25) is 0 Å². The van der Waals surface area contributed by atoms with Crippen LogP contribution in [0, 0.1) is 0 Å². The molecule has 0 aromatic heterocycles. The lowest BCUT2D eigenvalue weighted by molar-refractivity contribution is -0.105. The van der Waals surface area contributed by atoms with Gasteiger partial charge in [0.15, 0.2) is 16.1 Å². The molecule has 1 aliphatic heterocycles. The van der Waals surface area contributed by atoms with Crippen molar-refractivity contribution in [2.24, 2.45) is 0 Å². The highest BCUT2D eigenvalue weighted by atomic mass is 32.2. The minimum Gasteiger partial charge on any atom is -0.347 e. The van der Waals surface area contributed by atoms with E-state index in [1.54, 1.807) is 30.3 Å². The zero-order valence-electron chi connectivity index (χ0n) is 9.28. The van der Waals surface area contributed by atoms with Gasteiger partial charge in [-0.05, 0) is 12.1 Å². The fourth-order valence-electron chi connectivity index (χ4n) is 1.51. The molecular formula is C12H14O4S. The summed E-state index contributed by atoms with van der Waals surface area (Å²) in [6.45, 7) is 0.768. The Morgan fingerprint density at radius 2 is 1.65 bits per heavy atom. The number of hydrogen-bond acceptors (Lipinski definition) is 4. The molecule has 0 aliphatic carbocycles. The van der Waals surface area contributed by atoms with Gasteiger partial charge in [0.2, 0.25) is 0 Å². The van der Waals surface area contributed by atoms with Gasteiger partial charge < -0.3 is 9.47 Å². The molecule has 0 unspecified atom stereocenters. The molecule has 0 N–H and O–H groups in total. The molecule has 1 aliphatic rings. The predicted molar refractivity (Wildman–Crippen MR) is 63.3 cm³/mol. The molecule has 1 aromatic carbocycles. The van der Waals surface area contributed by atoms with E-state index in [0.29, 0.717) is 18.1 Å². The number of hydrogen-bond donors (Lipinski definition) is 0. The van der Waals surface area contributed by atoms with Crippen molar-refractivity contribution in [3.63, 3.8) is 0 Å². The quantitative estimate of drug-likeness (QED) is 0.765. The predicted octanol–water partition coefficient (Wildman–Crippen LogP) is 1.39. The molecule has 0 amide bonds. The lowest BCUT2D eigenvalue weighted by atomic mass is 10.4. The van der Waals surface area contributed by atoms with Crippen molar-refractivity contribution in [1.82, 2.24) is 0 Å². The highest BCUT2D eigenvalue weighted by Crippen LogP contribution is 2.13. The Balaban J connectivity index is 2.07. The molecule has 0 atom stereocenters. The highest BCUT2D eigenvalue weighted by Gasteiger charge is 2.22. The van der Waals surface area contributed by atoms with E-state index in [1.807, 2.05) is 12.2 Å². The van der Waals surface area contributed by atoms with E-state index in [-0.39, 0.29) is 5.75 Å². The first-order valence-electron chi connectivity index (χ1n) is 5.34. The van der Waals surface area contributed by atoms with Gasteiger partial charge in [0, 0.05) is 0 Å². The first kappa shape index (κ1) is 12.3. The second-order valence-corrected chi connectivity index (χ2v) is 5.70. The van der Waals surface area contributed by atoms with Crippen LogP contribution < -0.4 is 0 Å². The van der Waals surface area contributed by atoms with Gasteiger partial charge in [-0.2, -0.15) is 0 Å². The molecule has 0 radical (unpaired) electrons. The molecule has 5 heteroatoms. The first-order chi connectivity index (χ1) is 8.18. The fourth-order valence-corrected chi connectivity index (χ4v) is 2.82. The van der Waals surface area contributed by atoms with Crippen molar-refractivity contribution in [3.05, 3.63) is 42.5 Å². The summed E-state index contributed by atoms with van der Waals surface area (Å²) in [5, 5.41) is 0. The van der Waals surface area contributed by atoms with Crippen LogP contribution in [0.1, 0.15) is 0 Å². The second-order valence-electron chi connectivity index (χ2n) is 3.66. The van der Waals surface area contributed by atoms with Gasteiger partial charge >= 0.3 is 0 Å². The Hall–Kier alpha value is -1.17. The van der Waals surface area contributed by atoms with Crippen LogP contribution in [0.15, 0.2) is 47.4 Å². The van der Waals surface area contributed by atoms with Crippen LogP contribution in [0.2, 0.25) is 0 Å². The number of rotatable bonds is 3. The molecule has 1 heterocycles. The van der Waals surface area contributed by atoms with E-state index < -0.39 is 16.1 Å².